The Balaban J connectivity index is 2.19. The number of hydrogen-bond acceptors (Lipinski definition) is 5. The lowest BCUT2D eigenvalue weighted by Crippen LogP contribution is -2.46. The van der Waals surface area contributed by atoms with E-state index in [0.29, 0.717) is 18.8 Å². The number of thioether (sulfide) groups is 1. The van der Waals surface area contributed by atoms with Crippen molar-refractivity contribution in [2.75, 3.05) is 24.3 Å². The van der Waals surface area contributed by atoms with Crippen molar-refractivity contribution in [2.24, 2.45) is 5.73 Å². The van der Waals surface area contributed by atoms with E-state index >= 15 is 0 Å². The Morgan fingerprint density at radius 1 is 1.45 bits per heavy atom. The van der Waals surface area contributed by atoms with Crippen molar-refractivity contribution in [1.29, 1.82) is 0 Å². The van der Waals surface area contributed by atoms with Gasteiger partial charge < -0.3 is 5.73 Å². The summed E-state index contributed by atoms with van der Waals surface area (Å²) in [5.74, 6) is 1.66. The third-order valence-electron chi connectivity index (χ3n) is 3.70. The van der Waals surface area contributed by atoms with Crippen LogP contribution in [0.1, 0.15) is 16.7 Å². The van der Waals surface area contributed by atoms with Gasteiger partial charge in [0, 0.05) is 37.4 Å². The summed E-state index contributed by atoms with van der Waals surface area (Å²) in [4.78, 5) is 2.08. The smallest absolute Gasteiger partial charge is 0.164 e. The molecule has 112 valence electrons. The van der Waals surface area contributed by atoms with Crippen molar-refractivity contribution in [1.82, 2.24) is 4.90 Å². The average molecular weight is 314 g/mol. The van der Waals surface area contributed by atoms with Crippen LogP contribution in [-0.4, -0.2) is 43.0 Å². The quantitative estimate of drug-likeness (QED) is 0.909. The summed E-state index contributed by atoms with van der Waals surface area (Å²) in [6.07, 6.45) is 1.33. The molecule has 1 saturated heterocycles. The maximum atomic E-state index is 11.9. The molecule has 0 saturated carbocycles. The van der Waals surface area contributed by atoms with Gasteiger partial charge in [-0.3, -0.25) is 4.90 Å². The SMILES string of the molecule is Cc1cc(CN)ccc1CN1CCSCC1S(C)(=O)=O. The third kappa shape index (κ3) is 3.75. The van der Waals surface area contributed by atoms with E-state index in [9.17, 15) is 8.42 Å². The lowest BCUT2D eigenvalue weighted by molar-refractivity contribution is 0.262. The lowest BCUT2D eigenvalue weighted by Gasteiger charge is -2.34. The number of rotatable bonds is 4. The predicted molar refractivity (Wildman–Crippen MR) is 85.4 cm³/mol. The fraction of sp³-hybridized carbons (Fsp3) is 0.571. The number of nitrogens with zero attached hydrogens (tertiary/aromatic N) is 1. The van der Waals surface area contributed by atoms with Crippen molar-refractivity contribution in [2.45, 2.75) is 25.4 Å². The first kappa shape index (κ1) is 15.8. The predicted octanol–water partition coefficient (Wildman–Crippen LogP) is 1.37. The van der Waals surface area contributed by atoms with Crippen LogP contribution >= 0.6 is 11.8 Å². The molecule has 0 aliphatic carbocycles. The molecule has 1 aromatic carbocycles. The first-order valence-electron chi connectivity index (χ1n) is 6.71. The number of nitrogens with two attached hydrogens (primary N) is 1. The van der Waals surface area contributed by atoms with E-state index in [1.54, 1.807) is 11.8 Å². The summed E-state index contributed by atoms with van der Waals surface area (Å²) in [5, 5.41) is -0.366. The van der Waals surface area contributed by atoms with Crippen LogP contribution in [0, 0.1) is 6.92 Å². The van der Waals surface area contributed by atoms with Gasteiger partial charge >= 0.3 is 0 Å². The second-order valence-electron chi connectivity index (χ2n) is 5.29. The Labute approximate surface area is 125 Å². The molecule has 0 amide bonds. The summed E-state index contributed by atoms with van der Waals surface area (Å²) in [6.45, 7) is 4.10. The molecule has 1 heterocycles. The van der Waals surface area contributed by atoms with Gasteiger partial charge in [-0.2, -0.15) is 11.8 Å². The van der Waals surface area contributed by atoms with Crippen LogP contribution in [0.15, 0.2) is 18.2 Å². The molecule has 1 unspecified atom stereocenters. The number of sulfone groups is 1. The van der Waals surface area contributed by atoms with E-state index < -0.39 is 9.84 Å². The van der Waals surface area contributed by atoms with Gasteiger partial charge in [0.1, 0.15) is 5.37 Å². The fourth-order valence-electron chi connectivity index (χ4n) is 2.47. The van der Waals surface area contributed by atoms with E-state index in [0.717, 1.165) is 17.9 Å². The molecule has 1 atom stereocenters. The molecule has 2 N–H and O–H groups in total. The first-order chi connectivity index (χ1) is 9.41. The van der Waals surface area contributed by atoms with E-state index in [4.69, 9.17) is 5.73 Å². The van der Waals surface area contributed by atoms with Crippen molar-refractivity contribution >= 4 is 21.6 Å². The van der Waals surface area contributed by atoms with Crippen LogP contribution < -0.4 is 5.73 Å². The molecule has 0 radical (unpaired) electrons. The van der Waals surface area contributed by atoms with Crippen LogP contribution in [0.25, 0.3) is 0 Å². The van der Waals surface area contributed by atoms with Crippen LogP contribution in [0.3, 0.4) is 0 Å². The standard InChI is InChI=1S/C14H22N2O2S2/c1-11-7-12(8-15)3-4-13(11)9-16-5-6-19-10-14(16)20(2,17)18/h3-4,7,14H,5-6,8-10,15H2,1-2H3. The molecule has 1 aliphatic rings. The van der Waals surface area contributed by atoms with E-state index in [1.807, 2.05) is 6.07 Å². The summed E-state index contributed by atoms with van der Waals surface area (Å²) < 4.78 is 23.8. The summed E-state index contributed by atoms with van der Waals surface area (Å²) >= 11 is 1.72. The van der Waals surface area contributed by atoms with Crippen LogP contribution in [-0.2, 0) is 22.9 Å². The topological polar surface area (TPSA) is 63.4 Å². The minimum Gasteiger partial charge on any atom is -0.326 e. The largest absolute Gasteiger partial charge is 0.326 e. The minimum atomic E-state index is -3.04. The Bertz CT molecular complexity index is 573. The fourth-order valence-corrected chi connectivity index (χ4v) is 5.41. The molecule has 0 spiro atoms. The molecular weight excluding hydrogens is 292 g/mol. The zero-order chi connectivity index (χ0) is 14.8. The first-order valence-corrected chi connectivity index (χ1v) is 9.82. The van der Waals surface area contributed by atoms with Gasteiger partial charge in [-0.25, -0.2) is 8.42 Å². The molecule has 0 aromatic heterocycles. The van der Waals surface area contributed by atoms with Crippen molar-refractivity contribution in [3.63, 3.8) is 0 Å². The Morgan fingerprint density at radius 2 is 2.20 bits per heavy atom. The van der Waals surface area contributed by atoms with Crippen molar-refractivity contribution in [3.8, 4) is 0 Å². The molecule has 6 heteroatoms. The zero-order valence-corrected chi connectivity index (χ0v) is 13.6. The zero-order valence-electron chi connectivity index (χ0n) is 12.0. The molecule has 20 heavy (non-hydrogen) atoms. The lowest BCUT2D eigenvalue weighted by atomic mass is 10.0. The van der Waals surface area contributed by atoms with Gasteiger partial charge in [0.2, 0.25) is 0 Å². The van der Waals surface area contributed by atoms with Gasteiger partial charge in [-0.05, 0) is 23.6 Å². The van der Waals surface area contributed by atoms with Crippen LogP contribution in [0.4, 0.5) is 0 Å². The van der Waals surface area contributed by atoms with Crippen LogP contribution in [0.2, 0.25) is 0 Å². The average Bonchev–Trinajstić information content (AvgIpc) is 2.40. The van der Waals surface area contributed by atoms with Crippen LogP contribution in [0.5, 0.6) is 0 Å². The maximum absolute atomic E-state index is 11.9. The number of hydrogen-bond donors (Lipinski definition) is 1. The van der Waals surface area contributed by atoms with Gasteiger partial charge in [-0.15, -0.1) is 0 Å². The summed E-state index contributed by atoms with van der Waals surface area (Å²) in [5.41, 5.74) is 9.11. The van der Waals surface area contributed by atoms with Crippen molar-refractivity contribution in [3.05, 3.63) is 34.9 Å². The highest BCUT2D eigenvalue weighted by molar-refractivity contribution is 8.00. The van der Waals surface area contributed by atoms with E-state index in [-0.39, 0.29) is 5.37 Å². The van der Waals surface area contributed by atoms with Gasteiger partial charge in [0.05, 0.1) is 0 Å². The van der Waals surface area contributed by atoms with Gasteiger partial charge in [0.15, 0.2) is 9.84 Å². The monoisotopic (exact) mass is 314 g/mol. The molecule has 1 aromatic rings. The number of benzene rings is 1. The van der Waals surface area contributed by atoms with E-state index in [1.165, 1.54) is 17.4 Å². The Hall–Kier alpha value is -0.560. The summed E-state index contributed by atoms with van der Waals surface area (Å²) in [7, 11) is -3.04. The second kappa shape index (κ2) is 6.47. The Morgan fingerprint density at radius 3 is 2.80 bits per heavy atom. The normalized spacial score (nSPS) is 21.1. The highest BCUT2D eigenvalue weighted by Crippen LogP contribution is 2.23. The second-order valence-corrected chi connectivity index (χ2v) is 8.65. The molecule has 1 fully saturated rings. The Kier molecular flexibility index (Phi) is 5.12. The molecule has 1 aliphatic heterocycles. The molecular formula is C14H22N2O2S2. The highest BCUT2D eigenvalue weighted by Gasteiger charge is 2.30. The molecule has 0 bridgehead atoms. The summed E-state index contributed by atoms with van der Waals surface area (Å²) in [6, 6.07) is 6.18. The minimum absolute atomic E-state index is 0.366. The van der Waals surface area contributed by atoms with Gasteiger partial charge in [-0.1, -0.05) is 18.2 Å². The van der Waals surface area contributed by atoms with E-state index in [2.05, 4.69) is 24.0 Å². The third-order valence-corrected chi connectivity index (χ3v) is 6.39. The van der Waals surface area contributed by atoms with Crippen molar-refractivity contribution < 1.29 is 8.42 Å². The molecule has 2 rings (SSSR count). The molecule has 4 nitrogen and oxygen atoms in total. The number of aryl methyl sites for hydroxylation is 1. The van der Waals surface area contributed by atoms with Gasteiger partial charge in [0.25, 0.3) is 0 Å². The highest BCUT2D eigenvalue weighted by atomic mass is 32.2. The maximum Gasteiger partial charge on any atom is 0.164 e.